The summed E-state index contributed by atoms with van der Waals surface area (Å²) >= 11 is 0. The van der Waals surface area contributed by atoms with Crippen LogP contribution < -0.4 is 0 Å². The van der Waals surface area contributed by atoms with Crippen LogP contribution in [0.1, 0.15) is 406 Å². The molecule has 0 saturated heterocycles. The van der Waals surface area contributed by atoms with Crippen LogP contribution in [-0.4, -0.2) is 37.2 Å². The van der Waals surface area contributed by atoms with Gasteiger partial charge >= 0.3 is 17.9 Å². The fourth-order valence-corrected chi connectivity index (χ4v) is 11.0. The van der Waals surface area contributed by atoms with Gasteiger partial charge in [0.25, 0.3) is 0 Å². The third-order valence-electron chi connectivity index (χ3n) is 16.3. The van der Waals surface area contributed by atoms with Crippen LogP contribution in [0.4, 0.5) is 0 Å². The Labute approximate surface area is 481 Å². The third-order valence-corrected chi connectivity index (χ3v) is 16.3. The molecule has 0 heterocycles. The van der Waals surface area contributed by atoms with Gasteiger partial charge in [0.15, 0.2) is 6.10 Å². The van der Waals surface area contributed by atoms with Crippen LogP contribution in [-0.2, 0) is 28.6 Å². The first-order valence-electron chi connectivity index (χ1n) is 35.2. The Morgan fingerprint density at radius 1 is 0.247 bits per heavy atom. The number of esters is 3. The lowest BCUT2D eigenvalue weighted by Gasteiger charge is -2.18. The standard InChI is InChI=1S/C71H136O6/c1-4-7-10-13-16-19-22-24-26-28-30-32-34-35-37-38-40-42-44-46-49-52-55-58-61-64-70(73)76-67-68(66-75-69(72)63-60-57-54-51-48-21-18-15-12-9-6-3)77-71(74)65-62-59-56-53-50-47-45-43-41-39-36-33-31-29-27-25-23-20-17-14-11-8-5-2/h15,18,68H,4-14,16-17,19-67H2,1-3H3/b18-15-. The Bertz CT molecular complexity index is 1200. The molecule has 0 N–H and O–H groups in total. The minimum Gasteiger partial charge on any atom is -0.462 e. The van der Waals surface area contributed by atoms with Gasteiger partial charge in [-0.25, -0.2) is 0 Å². The van der Waals surface area contributed by atoms with Crippen molar-refractivity contribution in [1.82, 2.24) is 0 Å². The van der Waals surface area contributed by atoms with Crippen molar-refractivity contribution < 1.29 is 28.6 Å². The van der Waals surface area contributed by atoms with Gasteiger partial charge in [-0.3, -0.25) is 14.4 Å². The minimum absolute atomic E-state index is 0.0659. The van der Waals surface area contributed by atoms with Crippen LogP contribution in [0.5, 0.6) is 0 Å². The van der Waals surface area contributed by atoms with E-state index in [-0.39, 0.29) is 31.1 Å². The number of carbonyl (C=O) groups excluding carboxylic acids is 3. The molecule has 0 saturated carbocycles. The summed E-state index contributed by atoms with van der Waals surface area (Å²) in [4.78, 5) is 38.3. The highest BCUT2D eigenvalue weighted by atomic mass is 16.6. The predicted octanol–water partition coefficient (Wildman–Crippen LogP) is 24.0. The molecule has 456 valence electrons. The van der Waals surface area contributed by atoms with Gasteiger partial charge in [0.1, 0.15) is 13.2 Å². The van der Waals surface area contributed by atoms with E-state index in [0.717, 1.165) is 64.2 Å². The maximum atomic E-state index is 12.9. The molecule has 0 aliphatic carbocycles. The molecule has 0 aliphatic rings. The molecule has 6 nitrogen and oxygen atoms in total. The molecule has 0 fully saturated rings. The Kier molecular flexibility index (Phi) is 65.1. The van der Waals surface area contributed by atoms with Gasteiger partial charge in [0, 0.05) is 19.3 Å². The first-order chi connectivity index (χ1) is 38.0. The van der Waals surface area contributed by atoms with Gasteiger partial charge in [0.2, 0.25) is 0 Å². The molecule has 0 amide bonds. The van der Waals surface area contributed by atoms with Gasteiger partial charge in [0.05, 0.1) is 0 Å². The molecular formula is C71H136O6. The summed E-state index contributed by atoms with van der Waals surface area (Å²) in [7, 11) is 0. The fourth-order valence-electron chi connectivity index (χ4n) is 11.0. The molecule has 1 atom stereocenters. The summed E-state index contributed by atoms with van der Waals surface area (Å²) in [5, 5.41) is 0. The molecule has 6 heteroatoms. The Balaban J connectivity index is 4.15. The lowest BCUT2D eigenvalue weighted by atomic mass is 10.0. The van der Waals surface area contributed by atoms with Gasteiger partial charge in [-0.1, -0.05) is 360 Å². The zero-order chi connectivity index (χ0) is 55.7. The topological polar surface area (TPSA) is 78.9 Å². The predicted molar refractivity (Wildman–Crippen MR) is 335 cm³/mol. The van der Waals surface area contributed by atoms with E-state index in [4.69, 9.17) is 14.2 Å². The van der Waals surface area contributed by atoms with Crippen LogP contribution >= 0.6 is 0 Å². The first-order valence-corrected chi connectivity index (χ1v) is 35.2. The molecule has 0 rings (SSSR count). The molecule has 0 bridgehead atoms. The Morgan fingerprint density at radius 2 is 0.442 bits per heavy atom. The summed E-state index contributed by atoms with van der Waals surface area (Å²) in [6, 6.07) is 0. The third kappa shape index (κ3) is 64.9. The molecule has 0 aromatic carbocycles. The highest BCUT2D eigenvalue weighted by molar-refractivity contribution is 5.71. The van der Waals surface area contributed by atoms with E-state index >= 15 is 0 Å². The van der Waals surface area contributed by atoms with Crippen molar-refractivity contribution in [2.45, 2.75) is 412 Å². The van der Waals surface area contributed by atoms with Gasteiger partial charge in [-0.05, 0) is 38.5 Å². The van der Waals surface area contributed by atoms with E-state index in [2.05, 4.69) is 32.9 Å². The van der Waals surface area contributed by atoms with Crippen LogP contribution in [0.3, 0.4) is 0 Å². The summed E-state index contributed by atoms with van der Waals surface area (Å²) in [6.07, 6.45) is 79.7. The Morgan fingerprint density at radius 3 is 0.688 bits per heavy atom. The molecule has 0 aromatic rings. The number of ether oxygens (including phenoxy) is 3. The molecule has 0 radical (unpaired) electrons. The SMILES string of the molecule is CCCC/C=C\CCCCCCCC(=O)OCC(COC(=O)CCCCCCCCCCCCCCCCCCCCCCCCCCC)OC(=O)CCCCCCCCCCCCCCCCCCCCCCCCC. The second-order valence-corrected chi connectivity index (χ2v) is 24.2. The van der Waals surface area contributed by atoms with Crippen LogP contribution in [0, 0.1) is 0 Å². The summed E-state index contributed by atoms with van der Waals surface area (Å²) in [5.74, 6) is -0.842. The van der Waals surface area contributed by atoms with Gasteiger partial charge in [-0.15, -0.1) is 0 Å². The number of unbranched alkanes of at least 4 members (excludes halogenated alkanes) is 53. The number of allylic oxidation sites excluding steroid dienone is 2. The highest BCUT2D eigenvalue weighted by Crippen LogP contribution is 2.19. The van der Waals surface area contributed by atoms with Crippen molar-refractivity contribution in [2.24, 2.45) is 0 Å². The second-order valence-electron chi connectivity index (χ2n) is 24.2. The lowest BCUT2D eigenvalue weighted by molar-refractivity contribution is -0.167. The summed E-state index contributed by atoms with van der Waals surface area (Å²) in [6.45, 7) is 6.69. The van der Waals surface area contributed by atoms with Crippen LogP contribution in [0.15, 0.2) is 12.2 Å². The van der Waals surface area contributed by atoms with Crippen molar-refractivity contribution in [3.05, 3.63) is 12.2 Å². The lowest BCUT2D eigenvalue weighted by Crippen LogP contribution is -2.30. The number of carbonyl (C=O) groups is 3. The quantitative estimate of drug-likeness (QED) is 0.0261. The molecule has 0 aliphatic heterocycles. The monoisotopic (exact) mass is 1090 g/mol. The minimum atomic E-state index is -0.769. The second kappa shape index (κ2) is 66.7. The van der Waals surface area contributed by atoms with Gasteiger partial charge < -0.3 is 14.2 Å². The fraction of sp³-hybridized carbons (Fsp3) is 0.930. The van der Waals surface area contributed by atoms with E-state index in [1.165, 1.54) is 302 Å². The van der Waals surface area contributed by atoms with Crippen molar-refractivity contribution in [2.75, 3.05) is 13.2 Å². The zero-order valence-corrected chi connectivity index (χ0v) is 52.5. The van der Waals surface area contributed by atoms with Crippen molar-refractivity contribution >= 4 is 17.9 Å². The van der Waals surface area contributed by atoms with E-state index < -0.39 is 6.10 Å². The smallest absolute Gasteiger partial charge is 0.306 e. The maximum Gasteiger partial charge on any atom is 0.306 e. The molecule has 0 spiro atoms. The van der Waals surface area contributed by atoms with Crippen molar-refractivity contribution in [3.63, 3.8) is 0 Å². The maximum absolute atomic E-state index is 12.9. The van der Waals surface area contributed by atoms with E-state index in [1.54, 1.807) is 0 Å². The van der Waals surface area contributed by atoms with E-state index in [0.29, 0.717) is 19.3 Å². The van der Waals surface area contributed by atoms with Crippen LogP contribution in [0.25, 0.3) is 0 Å². The van der Waals surface area contributed by atoms with Crippen molar-refractivity contribution in [3.8, 4) is 0 Å². The summed E-state index contributed by atoms with van der Waals surface area (Å²) < 4.78 is 17.0. The highest BCUT2D eigenvalue weighted by Gasteiger charge is 2.19. The normalized spacial score (nSPS) is 12.0. The average molecular weight is 1090 g/mol. The van der Waals surface area contributed by atoms with Crippen LogP contribution in [0.2, 0.25) is 0 Å². The summed E-state index contributed by atoms with van der Waals surface area (Å²) in [5.41, 5.74) is 0. The molecule has 77 heavy (non-hydrogen) atoms. The number of hydrogen-bond donors (Lipinski definition) is 0. The van der Waals surface area contributed by atoms with Crippen molar-refractivity contribution in [1.29, 1.82) is 0 Å². The first kappa shape index (κ1) is 75.2. The molecule has 1 unspecified atom stereocenters. The molecular weight excluding hydrogens is 949 g/mol. The van der Waals surface area contributed by atoms with E-state index in [1.807, 2.05) is 0 Å². The zero-order valence-electron chi connectivity index (χ0n) is 52.5. The van der Waals surface area contributed by atoms with Gasteiger partial charge in [-0.2, -0.15) is 0 Å². The number of hydrogen-bond acceptors (Lipinski definition) is 6. The van der Waals surface area contributed by atoms with E-state index in [9.17, 15) is 14.4 Å². The number of rotatable bonds is 66. The Hall–Kier alpha value is -1.85. The largest absolute Gasteiger partial charge is 0.462 e. The average Bonchev–Trinajstić information content (AvgIpc) is 3.43. The molecule has 0 aromatic heterocycles.